The van der Waals surface area contributed by atoms with E-state index in [1.807, 2.05) is 13.8 Å². The zero-order chi connectivity index (χ0) is 27.8. The molecule has 1 aromatic carbocycles. The van der Waals surface area contributed by atoms with E-state index < -0.39 is 11.9 Å². The van der Waals surface area contributed by atoms with Crippen molar-refractivity contribution in [1.29, 1.82) is 5.41 Å². The molecule has 3 rings (SSSR count). The molecule has 1 atom stereocenters. The van der Waals surface area contributed by atoms with Gasteiger partial charge in [0.15, 0.2) is 0 Å². The van der Waals surface area contributed by atoms with Crippen LogP contribution in [0.15, 0.2) is 36.5 Å². The van der Waals surface area contributed by atoms with E-state index in [2.05, 4.69) is 15.6 Å². The Kier molecular flexibility index (Phi) is 14.1. The molecule has 0 spiro atoms. The summed E-state index contributed by atoms with van der Waals surface area (Å²) in [5.74, 6) is -0.271. The van der Waals surface area contributed by atoms with Crippen molar-refractivity contribution < 1.29 is 23.5 Å². The predicted molar refractivity (Wildman–Crippen MR) is 142 cm³/mol. The Morgan fingerprint density at radius 1 is 1.35 bits per heavy atom. The number of amides is 2. The summed E-state index contributed by atoms with van der Waals surface area (Å²) in [6.07, 6.45) is 2.44. The van der Waals surface area contributed by atoms with Gasteiger partial charge in [-0.3, -0.25) is 15.1 Å². The highest BCUT2D eigenvalue weighted by Gasteiger charge is 2.32. The summed E-state index contributed by atoms with van der Waals surface area (Å²) < 4.78 is 20.1. The van der Waals surface area contributed by atoms with E-state index in [1.54, 1.807) is 31.3 Å². The molecule has 2 aromatic rings. The Morgan fingerprint density at radius 2 is 2.05 bits per heavy atom. The number of anilines is 2. The number of aldehydes is 1. The number of nitrogens with zero attached hydrogens (tertiary/aromatic N) is 3. The van der Waals surface area contributed by atoms with Gasteiger partial charge in [0.05, 0.1) is 25.1 Å². The first-order valence-electron chi connectivity index (χ1n) is 11.9. The third-order valence-corrected chi connectivity index (χ3v) is 4.95. The minimum atomic E-state index is -0.496. The number of benzene rings is 1. The van der Waals surface area contributed by atoms with Gasteiger partial charge in [0.1, 0.15) is 24.0 Å². The molecule has 1 aromatic heterocycles. The fourth-order valence-corrected chi connectivity index (χ4v) is 3.31. The molecule has 1 saturated heterocycles. The van der Waals surface area contributed by atoms with Crippen molar-refractivity contribution >= 4 is 36.1 Å². The molecule has 1 aliphatic heterocycles. The highest BCUT2D eigenvalue weighted by atomic mass is 19.1. The first kappa shape index (κ1) is 31.1. The number of rotatable bonds is 10. The van der Waals surface area contributed by atoms with Crippen LogP contribution >= 0.6 is 0 Å². The number of nitrogens with one attached hydrogen (secondary N) is 3. The number of halogens is 1. The van der Waals surface area contributed by atoms with Crippen LogP contribution in [0.4, 0.5) is 20.7 Å². The largest absolute Gasteiger partial charge is 0.443 e. The van der Waals surface area contributed by atoms with E-state index in [-0.39, 0.29) is 25.1 Å². The van der Waals surface area contributed by atoms with Crippen molar-refractivity contribution in [3.8, 4) is 11.1 Å². The summed E-state index contributed by atoms with van der Waals surface area (Å²) >= 11 is 0. The zero-order valence-corrected chi connectivity index (χ0v) is 21.7. The van der Waals surface area contributed by atoms with Crippen LogP contribution in [0.25, 0.3) is 11.1 Å². The van der Waals surface area contributed by atoms with Gasteiger partial charge < -0.3 is 30.8 Å². The summed E-state index contributed by atoms with van der Waals surface area (Å²) in [7, 11) is 1.77. The summed E-state index contributed by atoms with van der Waals surface area (Å²) in [6.45, 7) is 6.80. The molecule has 1 aliphatic rings. The van der Waals surface area contributed by atoms with Crippen LogP contribution in [-0.4, -0.2) is 80.4 Å². The first-order chi connectivity index (χ1) is 17.9. The van der Waals surface area contributed by atoms with Crippen molar-refractivity contribution in [2.75, 3.05) is 50.0 Å². The van der Waals surface area contributed by atoms with Crippen molar-refractivity contribution in [2.45, 2.75) is 26.9 Å². The maximum absolute atomic E-state index is 14.8. The van der Waals surface area contributed by atoms with Crippen LogP contribution in [0.5, 0.6) is 0 Å². The third-order valence-electron chi connectivity index (χ3n) is 4.95. The average molecular weight is 518 g/mol. The monoisotopic (exact) mass is 517 g/mol. The van der Waals surface area contributed by atoms with Crippen molar-refractivity contribution in [3.05, 3.63) is 42.3 Å². The van der Waals surface area contributed by atoms with Gasteiger partial charge in [-0.2, -0.15) is 0 Å². The minimum absolute atomic E-state index is 0.165. The number of pyridine rings is 1. The standard InChI is InChI=1S/C21H26FN7O3.C2H4O.C2H6/c1-25-11-16-12-29(21(31)32-16)15-3-4-17(18(22)8-15)14-2-5-19(27-10-14)26-6-7-28(13-24)20(30)9-23;1-2-3;1-2/h2-5,8,10,13,16,24-25H,6-7,9,11-12,23H2,1H3,(H,26,27);2H,1H3;1-2H3. The molecule has 11 nitrogen and oxygen atoms in total. The maximum Gasteiger partial charge on any atom is 0.414 e. The highest BCUT2D eigenvalue weighted by molar-refractivity contribution is 5.90. The van der Waals surface area contributed by atoms with Gasteiger partial charge in [0.25, 0.3) is 0 Å². The number of cyclic esters (lactones) is 1. The predicted octanol–water partition coefficient (Wildman–Crippen LogP) is 2.47. The Hall–Kier alpha value is -3.90. The lowest BCUT2D eigenvalue weighted by atomic mass is 10.1. The lowest BCUT2D eigenvalue weighted by Crippen LogP contribution is -2.37. The summed E-state index contributed by atoms with van der Waals surface area (Å²) in [5.41, 5.74) is 6.67. The molecule has 202 valence electrons. The van der Waals surface area contributed by atoms with E-state index in [0.29, 0.717) is 42.3 Å². The van der Waals surface area contributed by atoms with Gasteiger partial charge in [0.2, 0.25) is 5.91 Å². The lowest BCUT2D eigenvalue weighted by Gasteiger charge is -2.16. The fraction of sp³-hybridized carbons (Fsp3) is 0.400. The lowest BCUT2D eigenvalue weighted by molar-refractivity contribution is -0.125. The first-order valence-corrected chi connectivity index (χ1v) is 11.9. The number of carbonyl (C=O) groups excluding carboxylic acids is 3. The third kappa shape index (κ3) is 9.24. The van der Waals surface area contributed by atoms with Crippen LogP contribution in [0.1, 0.15) is 20.8 Å². The number of likely N-dealkylation sites (N-methyl/N-ethyl adjacent to an activating group) is 1. The molecule has 5 N–H and O–H groups in total. The van der Waals surface area contributed by atoms with Crippen molar-refractivity contribution in [2.24, 2.45) is 5.73 Å². The van der Waals surface area contributed by atoms with Crippen molar-refractivity contribution in [3.63, 3.8) is 0 Å². The fourth-order valence-electron chi connectivity index (χ4n) is 3.31. The Morgan fingerprint density at radius 3 is 2.59 bits per heavy atom. The van der Waals surface area contributed by atoms with E-state index in [1.165, 1.54) is 29.0 Å². The van der Waals surface area contributed by atoms with E-state index in [0.717, 1.165) is 12.6 Å². The molecule has 2 heterocycles. The van der Waals surface area contributed by atoms with E-state index in [4.69, 9.17) is 20.7 Å². The second-order valence-electron chi connectivity index (χ2n) is 7.35. The van der Waals surface area contributed by atoms with Gasteiger partial charge in [-0.15, -0.1) is 0 Å². The summed E-state index contributed by atoms with van der Waals surface area (Å²) in [4.78, 5) is 39.3. The number of ether oxygens (including phenoxy) is 1. The molecule has 37 heavy (non-hydrogen) atoms. The second-order valence-corrected chi connectivity index (χ2v) is 7.35. The SMILES string of the molecule is CC.CC=O.CNCC1CN(c2ccc(-c3ccc(NCCN(C=N)C(=O)CN)nc3)c(F)c2)C(=O)O1. The molecule has 0 bridgehead atoms. The molecule has 1 fully saturated rings. The van der Waals surface area contributed by atoms with E-state index in [9.17, 15) is 14.0 Å². The normalized spacial score (nSPS) is 13.8. The van der Waals surface area contributed by atoms with Crippen LogP contribution in [0.2, 0.25) is 0 Å². The minimum Gasteiger partial charge on any atom is -0.443 e. The quantitative estimate of drug-likeness (QED) is 0.213. The Balaban J connectivity index is 0.00000127. The summed E-state index contributed by atoms with van der Waals surface area (Å²) in [6, 6.07) is 8.01. The van der Waals surface area contributed by atoms with Crippen LogP contribution in [0, 0.1) is 11.2 Å². The maximum atomic E-state index is 14.8. The van der Waals surface area contributed by atoms with Gasteiger partial charge in [-0.05, 0) is 44.3 Å². The summed E-state index contributed by atoms with van der Waals surface area (Å²) in [5, 5.41) is 13.2. The van der Waals surface area contributed by atoms with Crippen LogP contribution in [0.3, 0.4) is 0 Å². The van der Waals surface area contributed by atoms with E-state index >= 15 is 0 Å². The van der Waals surface area contributed by atoms with Gasteiger partial charge in [-0.1, -0.05) is 13.8 Å². The molecular weight excluding hydrogens is 481 g/mol. The molecule has 0 aliphatic carbocycles. The highest BCUT2D eigenvalue weighted by Crippen LogP contribution is 2.29. The average Bonchev–Trinajstić information content (AvgIpc) is 3.28. The number of aromatic nitrogens is 1. The van der Waals surface area contributed by atoms with Gasteiger partial charge in [0, 0.05) is 37.0 Å². The molecule has 1 unspecified atom stereocenters. The molecule has 0 saturated carbocycles. The van der Waals surface area contributed by atoms with Crippen LogP contribution in [-0.2, 0) is 14.3 Å². The molecular formula is C25H36FN7O4. The van der Waals surface area contributed by atoms with Gasteiger partial charge in [-0.25, -0.2) is 14.2 Å². The number of nitrogens with two attached hydrogens (primary N) is 1. The van der Waals surface area contributed by atoms with Gasteiger partial charge >= 0.3 is 6.09 Å². The Labute approximate surface area is 216 Å². The topological polar surface area (TPSA) is 154 Å². The number of hydrogen-bond acceptors (Lipinski definition) is 9. The zero-order valence-electron chi connectivity index (χ0n) is 21.7. The smallest absolute Gasteiger partial charge is 0.414 e. The van der Waals surface area contributed by atoms with Crippen LogP contribution < -0.4 is 21.3 Å². The number of carbonyl (C=O) groups is 3. The molecule has 2 amide bonds. The Bertz CT molecular complexity index is 1020. The molecule has 12 heteroatoms. The molecule has 0 radical (unpaired) electrons. The number of hydrogen-bond donors (Lipinski definition) is 4. The van der Waals surface area contributed by atoms with Crippen molar-refractivity contribution in [1.82, 2.24) is 15.2 Å². The second kappa shape index (κ2) is 16.7.